The molecule has 12 rings (SSSR count). The van der Waals surface area contributed by atoms with Gasteiger partial charge in [0.1, 0.15) is 22.3 Å². The number of aromatic nitrogens is 4. The number of fused-ring (bicyclic) bond motifs is 12. The molecule has 1 aliphatic carbocycles. The Morgan fingerprint density at radius 2 is 1.15 bits per heavy atom. The zero-order valence-electron chi connectivity index (χ0n) is 43.7. The lowest BCUT2D eigenvalue weighted by molar-refractivity contribution is 0.661. The van der Waals surface area contributed by atoms with Crippen molar-refractivity contribution in [3.8, 4) is 39.9 Å². The van der Waals surface area contributed by atoms with Crippen molar-refractivity contribution < 1.29 is 30.8 Å². The van der Waals surface area contributed by atoms with E-state index in [2.05, 4.69) is 0 Å². The van der Waals surface area contributed by atoms with Crippen LogP contribution in [0.5, 0.6) is 0 Å². The summed E-state index contributed by atoms with van der Waals surface area (Å²) in [6.45, 7) is -7.35. The molecule has 6 nitrogen and oxygen atoms in total. The topological polar surface area (TPSA) is 69.9 Å². The molecule has 0 N–H and O–H groups in total. The maximum absolute atomic E-state index is 10.1. The number of benzene rings is 7. The highest BCUT2D eigenvalue weighted by Crippen LogP contribution is 2.51. The van der Waals surface area contributed by atoms with E-state index in [1.54, 1.807) is 24.3 Å². The minimum absolute atomic E-state index is 0.00272. The number of rotatable bonds is 3. The quantitative estimate of drug-likeness (QED) is 0.183. The molecule has 0 radical (unpaired) electrons. The number of nitrogens with zero attached hydrogens (tertiary/aromatic N) is 4. The van der Waals surface area contributed by atoms with E-state index < -0.39 is 107 Å². The molecule has 54 heavy (non-hydrogen) atoms. The summed E-state index contributed by atoms with van der Waals surface area (Å²) in [5.74, 6) is -0.394. The summed E-state index contributed by atoms with van der Waals surface area (Å²) < 4.78 is 159. The van der Waals surface area contributed by atoms with Crippen LogP contribution >= 0.6 is 0 Å². The lowest BCUT2D eigenvalue weighted by Crippen LogP contribution is -2.15. The molecule has 0 fully saturated rings. The van der Waals surface area contributed by atoms with Crippen LogP contribution in [-0.4, -0.2) is 19.5 Å². The highest BCUT2D eigenvalue weighted by Gasteiger charge is 2.36. The predicted molar refractivity (Wildman–Crippen MR) is 217 cm³/mol. The molecule has 4 heterocycles. The van der Waals surface area contributed by atoms with Gasteiger partial charge in [0.05, 0.1) is 24.7 Å². The fraction of sp³-hybridized carbons (Fsp3) is 0.0625. The molecular formula is C48H30N4O2. The third kappa shape index (κ3) is 4.02. The van der Waals surface area contributed by atoms with Crippen LogP contribution in [0.1, 0.15) is 46.8 Å². The molecule has 0 spiro atoms. The van der Waals surface area contributed by atoms with Gasteiger partial charge in [0.15, 0.2) is 11.6 Å². The average Bonchev–Trinajstić information content (AvgIpc) is 4.09. The third-order valence-corrected chi connectivity index (χ3v) is 10.1. The van der Waals surface area contributed by atoms with Crippen molar-refractivity contribution in [2.24, 2.45) is 0 Å². The molecule has 7 aromatic carbocycles. The highest BCUT2D eigenvalue weighted by atomic mass is 16.3. The van der Waals surface area contributed by atoms with Crippen molar-refractivity contribution in [3.05, 3.63) is 156 Å². The molecule has 0 bridgehead atoms. The van der Waals surface area contributed by atoms with Crippen LogP contribution in [0.4, 0.5) is 0 Å². The molecule has 0 amide bonds. The first-order chi connectivity index (χ1) is 33.2. The molecule has 0 saturated heterocycles. The second-order valence-corrected chi connectivity index (χ2v) is 13.2. The first-order valence-electron chi connectivity index (χ1n) is 25.0. The lowest BCUT2D eigenvalue weighted by Gasteiger charge is -2.21. The Labute approximate surface area is 331 Å². The maximum atomic E-state index is 10.1. The standard InChI is InChI=1S/C48H30N4O2/c1-48(2)37-15-7-3-11-29(37)35-25-36-30-12-4-8-16-39(30)52(40(36)26-38(35)48)47-50-45(27-19-21-33-31-13-5-9-17-41(31)53-43(33)23-27)49-46(51-47)28-20-22-34-32-14-6-10-18-42(32)54-44(34)24-28/h3-26H,1-2H3/i1D3,2D3,3D,4D,7D,8D,11D,12D,15D,16D,25D,26D. The van der Waals surface area contributed by atoms with Crippen LogP contribution in [-0.2, 0) is 5.41 Å². The molecule has 0 unspecified atom stereocenters. The molecule has 4 aromatic heterocycles. The van der Waals surface area contributed by atoms with Gasteiger partial charge in [-0.15, -0.1) is 0 Å². The third-order valence-electron chi connectivity index (χ3n) is 10.1. The Morgan fingerprint density at radius 1 is 0.537 bits per heavy atom. The van der Waals surface area contributed by atoms with Crippen LogP contribution in [0.15, 0.2) is 154 Å². The van der Waals surface area contributed by atoms with Gasteiger partial charge >= 0.3 is 0 Å². The van der Waals surface area contributed by atoms with E-state index in [9.17, 15) is 5.48 Å². The van der Waals surface area contributed by atoms with Gasteiger partial charge in [-0.3, -0.25) is 4.57 Å². The molecule has 6 heteroatoms. The van der Waals surface area contributed by atoms with Crippen LogP contribution in [0, 0.1) is 0 Å². The van der Waals surface area contributed by atoms with Gasteiger partial charge in [0, 0.05) is 57.1 Å². The lowest BCUT2D eigenvalue weighted by atomic mass is 9.82. The molecule has 1 aliphatic rings. The van der Waals surface area contributed by atoms with Crippen molar-refractivity contribution >= 4 is 65.7 Å². The monoisotopic (exact) mass is 710 g/mol. The van der Waals surface area contributed by atoms with E-state index in [0.717, 1.165) is 26.1 Å². The van der Waals surface area contributed by atoms with Gasteiger partial charge in [-0.05, 0) is 76.8 Å². The average molecular weight is 711 g/mol. The Balaban J connectivity index is 1.26. The van der Waals surface area contributed by atoms with Crippen LogP contribution in [0.3, 0.4) is 0 Å². The Kier molecular flexibility index (Phi) is 3.53. The smallest absolute Gasteiger partial charge is 0.238 e. The second kappa shape index (κ2) is 10.5. The van der Waals surface area contributed by atoms with Crippen LogP contribution < -0.4 is 0 Å². The highest BCUT2D eigenvalue weighted by molar-refractivity contribution is 6.12. The van der Waals surface area contributed by atoms with Crippen molar-refractivity contribution in [2.75, 3.05) is 0 Å². The largest absolute Gasteiger partial charge is 0.456 e. The van der Waals surface area contributed by atoms with E-state index in [0.29, 0.717) is 33.5 Å². The molecular weight excluding hydrogens is 665 g/mol. The Hall–Kier alpha value is -7.05. The van der Waals surface area contributed by atoms with Crippen molar-refractivity contribution in [2.45, 2.75) is 19.1 Å². The molecule has 0 atom stereocenters. The van der Waals surface area contributed by atoms with Crippen molar-refractivity contribution in [3.63, 3.8) is 0 Å². The van der Waals surface area contributed by atoms with Crippen LogP contribution in [0.25, 0.3) is 106 Å². The van der Waals surface area contributed by atoms with Gasteiger partial charge in [-0.1, -0.05) is 105 Å². The van der Waals surface area contributed by atoms with Gasteiger partial charge in [-0.25, -0.2) is 4.98 Å². The summed E-state index contributed by atoms with van der Waals surface area (Å²) in [5.41, 5.74) is -4.17. The summed E-state index contributed by atoms with van der Waals surface area (Å²) in [7, 11) is 0. The van der Waals surface area contributed by atoms with Gasteiger partial charge < -0.3 is 8.83 Å². The number of hydrogen-bond donors (Lipinski definition) is 0. The summed E-state index contributed by atoms with van der Waals surface area (Å²) in [6, 6.07) is 17.3. The zero-order valence-corrected chi connectivity index (χ0v) is 27.7. The minimum Gasteiger partial charge on any atom is -0.456 e. The second-order valence-electron chi connectivity index (χ2n) is 13.2. The normalized spacial score (nSPS) is 18.2. The molecule has 0 saturated carbocycles. The number of para-hydroxylation sites is 3. The zero-order chi connectivity index (χ0) is 49.4. The van der Waals surface area contributed by atoms with E-state index >= 15 is 0 Å². The van der Waals surface area contributed by atoms with E-state index in [4.69, 9.17) is 40.2 Å². The van der Waals surface area contributed by atoms with Gasteiger partial charge in [-0.2, -0.15) is 9.97 Å². The van der Waals surface area contributed by atoms with Crippen molar-refractivity contribution in [1.29, 1.82) is 0 Å². The first kappa shape index (κ1) is 18.1. The summed E-state index contributed by atoms with van der Waals surface area (Å²) in [5, 5.41) is 2.54. The fourth-order valence-electron chi connectivity index (χ4n) is 7.63. The molecule has 254 valence electrons. The van der Waals surface area contributed by atoms with Gasteiger partial charge in [0.2, 0.25) is 5.95 Å². The Morgan fingerprint density at radius 3 is 1.83 bits per heavy atom. The number of furan rings is 2. The van der Waals surface area contributed by atoms with Gasteiger partial charge in [0.25, 0.3) is 0 Å². The van der Waals surface area contributed by atoms with E-state index in [1.807, 2.05) is 60.7 Å². The summed E-state index contributed by atoms with van der Waals surface area (Å²) >= 11 is 0. The molecule has 0 aliphatic heterocycles. The fourth-order valence-corrected chi connectivity index (χ4v) is 7.63. The van der Waals surface area contributed by atoms with E-state index in [-0.39, 0.29) is 33.9 Å². The Bertz CT molecular complexity index is 4040. The predicted octanol–water partition coefficient (Wildman–Crippen LogP) is 12.4. The minimum atomic E-state index is -3.68. The maximum Gasteiger partial charge on any atom is 0.238 e. The SMILES string of the molecule is [2H]c1c([2H])c([2H])c2c(c1[2H])-c1c(c([2H])c3c(c1[2H])c1c([2H])c([2H])c([2H])c([2H])c1n3-c1nc(-c3ccc4c(c3)oc3ccccc34)nc(-c3ccc4c(c3)oc3ccccc34)n1)C2(C([2H])([2H])[2H])C([2H])([2H])[2H]. The molecule has 11 aromatic rings. The van der Waals surface area contributed by atoms with Crippen molar-refractivity contribution in [1.82, 2.24) is 19.5 Å². The number of hydrogen-bond acceptors (Lipinski definition) is 5. The first-order valence-corrected chi connectivity index (χ1v) is 17.0. The van der Waals surface area contributed by atoms with Crippen LogP contribution in [0.2, 0.25) is 0 Å². The summed E-state index contributed by atoms with van der Waals surface area (Å²) in [6.07, 6.45) is 0. The summed E-state index contributed by atoms with van der Waals surface area (Å²) in [4.78, 5) is 14.7. The van der Waals surface area contributed by atoms with E-state index in [1.165, 1.54) is 0 Å².